The van der Waals surface area contributed by atoms with Gasteiger partial charge >= 0.3 is 0 Å². The van der Waals surface area contributed by atoms with Crippen molar-refractivity contribution in [3.8, 4) is 12.3 Å². The van der Waals surface area contributed by atoms with Gasteiger partial charge in [-0.3, -0.25) is 0 Å². The molecule has 2 unspecified atom stereocenters. The molecule has 11 heavy (non-hydrogen) atoms. The van der Waals surface area contributed by atoms with Gasteiger partial charge in [-0.1, -0.05) is 0 Å². The summed E-state index contributed by atoms with van der Waals surface area (Å²) in [7, 11) is 0. The molecule has 0 aromatic carbocycles. The average molecular weight is 156 g/mol. The molecule has 0 fully saturated rings. The molecule has 0 aromatic rings. The van der Waals surface area contributed by atoms with Crippen LogP contribution in [0.1, 0.15) is 26.7 Å². The van der Waals surface area contributed by atoms with Crippen LogP contribution in [0.4, 0.5) is 0 Å². The first-order valence-electron chi connectivity index (χ1n) is 3.95. The molecule has 1 N–H and O–H groups in total. The van der Waals surface area contributed by atoms with Gasteiger partial charge in [0.15, 0.2) is 0 Å². The van der Waals surface area contributed by atoms with E-state index in [0.717, 1.165) is 0 Å². The van der Waals surface area contributed by atoms with E-state index in [0.29, 0.717) is 19.4 Å². The molecule has 2 nitrogen and oxygen atoms in total. The van der Waals surface area contributed by atoms with Crippen LogP contribution in [0.25, 0.3) is 0 Å². The minimum absolute atomic E-state index is 0.103. The van der Waals surface area contributed by atoms with Gasteiger partial charge in [-0.2, -0.15) is 0 Å². The molecular formula is C9H16O2. The molecule has 0 rings (SSSR count). The zero-order valence-electron chi connectivity index (χ0n) is 7.21. The van der Waals surface area contributed by atoms with Gasteiger partial charge in [0.1, 0.15) is 0 Å². The zero-order valence-corrected chi connectivity index (χ0v) is 7.21. The van der Waals surface area contributed by atoms with Crippen LogP contribution in [0, 0.1) is 12.3 Å². The Hall–Kier alpha value is -0.520. The van der Waals surface area contributed by atoms with Gasteiger partial charge in [-0.25, -0.2) is 0 Å². The average Bonchev–Trinajstić information content (AvgIpc) is 2.00. The number of terminal acetylenes is 1. The molecule has 2 heteroatoms. The fourth-order valence-corrected chi connectivity index (χ4v) is 0.840. The van der Waals surface area contributed by atoms with Crippen LogP contribution in [0.2, 0.25) is 0 Å². The Morgan fingerprint density at radius 1 is 1.64 bits per heavy atom. The largest absolute Gasteiger partial charge is 0.390 e. The van der Waals surface area contributed by atoms with Crippen molar-refractivity contribution >= 4 is 0 Å². The summed E-state index contributed by atoms with van der Waals surface area (Å²) in [5, 5.41) is 9.36. The standard InChI is InChI=1S/C9H16O2/c1-4-6-7-9(10)8(3)11-5-2/h1,8-10H,5-7H2,2-3H3. The van der Waals surface area contributed by atoms with Crippen molar-refractivity contribution in [1.29, 1.82) is 0 Å². The lowest BCUT2D eigenvalue weighted by Crippen LogP contribution is -2.25. The number of aliphatic hydroxyl groups excluding tert-OH is 1. The Labute approximate surface area is 68.6 Å². The van der Waals surface area contributed by atoms with E-state index in [-0.39, 0.29) is 6.10 Å². The summed E-state index contributed by atoms with van der Waals surface area (Å²) in [5.74, 6) is 2.48. The van der Waals surface area contributed by atoms with Crippen molar-refractivity contribution in [3.63, 3.8) is 0 Å². The number of rotatable bonds is 5. The lowest BCUT2D eigenvalue weighted by molar-refractivity contribution is -0.0240. The van der Waals surface area contributed by atoms with Crippen molar-refractivity contribution in [2.24, 2.45) is 0 Å². The summed E-state index contributed by atoms with van der Waals surface area (Å²) >= 11 is 0. The monoisotopic (exact) mass is 156 g/mol. The lowest BCUT2D eigenvalue weighted by Gasteiger charge is -2.17. The Morgan fingerprint density at radius 2 is 2.27 bits per heavy atom. The second-order valence-electron chi connectivity index (χ2n) is 2.47. The Kier molecular flexibility index (Phi) is 5.91. The highest BCUT2D eigenvalue weighted by atomic mass is 16.5. The first-order valence-corrected chi connectivity index (χ1v) is 3.95. The molecule has 0 aromatic heterocycles. The number of aliphatic hydroxyl groups is 1. The number of hydrogen-bond donors (Lipinski definition) is 1. The molecule has 0 amide bonds. The van der Waals surface area contributed by atoms with Crippen molar-refractivity contribution in [1.82, 2.24) is 0 Å². The predicted octanol–water partition coefficient (Wildman–Crippen LogP) is 1.19. The molecule has 0 saturated heterocycles. The first kappa shape index (κ1) is 10.5. The van der Waals surface area contributed by atoms with Crippen LogP contribution in [-0.4, -0.2) is 23.9 Å². The van der Waals surface area contributed by atoms with Crippen molar-refractivity contribution in [3.05, 3.63) is 0 Å². The number of ether oxygens (including phenoxy) is 1. The molecule has 0 aliphatic rings. The minimum Gasteiger partial charge on any atom is -0.390 e. The summed E-state index contributed by atoms with van der Waals surface area (Å²) < 4.78 is 5.18. The van der Waals surface area contributed by atoms with E-state index in [2.05, 4.69) is 5.92 Å². The van der Waals surface area contributed by atoms with Crippen LogP contribution in [0.15, 0.2) is 0 Å². The summed E-state index contributed by atoms with van der Waals surface area (Å²) in [6.45, 7) is 4.39. The second kappa shape index (κ2) is 6.21. The third kappa shape index (κ3) is 4.83. The highest BCUT2D eigenvalue weighted by Crippen LogP contribution is 2.04. The van der Waals surface area contributed by atoms with E-state index in [1.807, 2.05) is 13.8 Å². The molecule has 64 valence electrons. The van der Waals surface area contributed by atoms with Gasteiger partial charge in [0.25, 0.3) is 0 Å². The van der Waals surface area contributed by atoms with Gasteiger partial charge in [0.05, 0.1) is 12.2 Å². The minimum atomic E-state index is -0.425. The van der Waals surface area contributed by atoms with E-state index in [9.17, 15) is 5.11 Å². The highest BCUT2D eigenvalue weighted by Gasteiger charge is 2.12. The Morgan fingerprint density at radius 3 is 2.73 bits per heavy atom. The maximum Gasteiger partial charge on any atom is 0.0808 e. The smallest absolute Gasteiger partial charge is 0.0808 e. The summed E-state index contributed by atoms with van der Waals surface area (Å²) in [6.07, 6.45) is 5.75. The van der Waals surface area contributed by atoms with Gasteiger partial charge in [-0.15, -0.1) is 12.3 Å². The van der Waals surface area contributed by atoms with E-state index < -0.39 is 6.10 Å². The molecule has 0 bridgehead atoms. The lowest BCUT2D eigenvalue weighted by atomic mass is 10.1. The molecule has 0 aliphatic heterocycles. The van der Waals surface area contributed by atoms with Crippen molar-refractivity contribution in [2.45, 2.75) is 38.9 Å². The van der Waals surface area contributed by atoms with Crippen molar-refractivity contribution in [2.75, 3.05) is 6.61 Å². The quantitative estimate of drug-likeness (QED) is 0.606. The van der Waals surface area contributed by atoms with Crippen LogP contribution in [0.5, 0.6) is 0 Å². The number of hydrogen-bond acceptors (Lipinski definition) is 2. The third-order valence-electron chi connectivity index (χ3n) is 1.56. The Balaban J connectivity index is 3.47. The molecule has 0 heterocycles. The van der Waals surface area contributed by atoms with Gasteiger partial charge in [0, 0.05) is 13.0 Å². The fourth-order valence-electron chi connectivity index (χ4n) is 0.840. The maximum absolute atomic E-state index is 9.36. The van der Waals surface area contributed by atoms with E-state index in [1.165, 1.54) is 0 Å². The predicted molar refractivity (Wildman–Crippen MR) is 45.2 cm³/mol. The van der Waals surface area contributed by atoms with Crippen LogP contribution in [0.3, 0.4) is 0 Å². The molecule has 0 aliphatic carbocycles. The summed E-state index contributed by atoms with van der Waals surface area (Å²) in [5.41, 5.74) is 0. The molecule has 2 atom stereocenters. The summed E-state index contributed by atoms with van der Waals surface area (Å²) in [6, 6.07) is 0. The second-order valence-corrected chi connectivity index (χ2v) is 2.47. The molecule has 0 saturated carbocycles. The molecule has 0 radical (unpaired) electrons. The van der Waals surface area contributed by atoms with E-state index in [1.54, 1.807) is 0 Å². The zero-order chi connectivity index (χ0) is 8.69. The fraction of sp³-hybridized carbons (Fsp3) is 0.778. The van der Waals surface area contributed by atoms with Crippen LogP contribution < -0.4 is 0 Å². The highest BCUT2D eigenvalue weighted by molar-refractivity contribution is 4.85. The van der Waals surface area contributed by atoms with Crippen LogP contribution in [-0.2, 0) is 4.74 Å². The van der Waals surface area contributed by atoms with Crippen LogP contribution >= 0.6 is 0 Å². The maximum atomic E-state index is 9.36. The molecular weight excluding hydrogens is 140 g/mol. The van der Waals surface area contributed by atoms with Gasteiger partial charge in [-0.05, 0) is 20.3 Å². The van der Waals surface area contributed by atoms with Gasteiger partial charge < -0.3 is 9.84 Å². The first-order chi connectivity index (χ1) is 5.22. The topological polar surface area (TPSA) is 29.5 Å². The Bertz CT molecular complexity index is 126. The summed E-state index contributed by atoms with van der Waals surface area (Å²) in [4.78, 5) is 0. The SMILES string of the molecule is C#CCCC(O)C(C)OCC. The van der Waals surface area contributed by atoms with Gasteiger partial charge in [0.2, 0.25) is 0 Å². The van der Waals surface area contributed by atoms with Crippen molar-refractivity contribution < 1.29 is 9.84 Å². The normalized spacial score (nSPS) is 15.5. The third-order valence-corrected chi connectivity index (χ3v) is 1.56. The molecule has 0 spiro atoms. The van der Waals surface area contributed by atoms with E-state index in [4.69, 9.17) is 11.2 Å². The van der Waals surface area contributed by atoms with E-state index >= 15 is 0 Å².